The largest absolute Gasteiger partial charge is 0.0704 e. The average Bonchev–Trinajstić information content (AvgIpc) is 1.78. The highest BCUT2D eigenvalue weighted by atomic mass is 29.9. The summed E-state index contributed by atoms with van der Waals surface area (Å²) in [5.74, 6) is 0. The highest BCUT2D eigenvalue weighted by molar-refractivity contribution is 7.97. The molecule has 0 nitrogen and oxygen atoms in total. The first kappa shape index (κ1) is 3.82. The molecule has 0 spiro atoms. The third-order valence-corrected chi connectivity index (χ3v) is 34.1. The fourth-order valence-corrected chi connectivity index (χ4v) is 36.1. The molecule has 6 radical (unpaired) electrons. The molecule has 0 unspecified atom stereocenters. The van der Waals surface area contributed by atoms with Crippen molar-refractivity contribution in [2.24, 2.45) is 0 Å². The Balaban J connectivity index is 2.34. The molecule has 4 heteroatoms. The first-order valence-corrected chi connectivity index (χ1v) is 11.0. The van der Waals surface area contributed by atoms with E-state index in [0.717, 1.165) is 0 Å². The van der Waals surface area contributed by atoms with Crippen molar-refractivity contribution in [1.82, 2.24) is 0 Å². The van der Waals surface area contributed by atoms with Gasteiger partial charge in [0.15, 0.2) is 0 Å². The Kier molecular flexibility index (Phi) is 0.400. The summed E-state index contributed by atoms with van der Waals surface area (Å²) in [5.41, 5.74) is 3.24. The zero-order valence-electron chi connectivity index (χ0n) is 3.41. The smallest absolute Gasteiger partial charge is 0.0239 e. The first-order chi connectivity index (χ1) is 2.66. The quantitative estimate of drug-likeness (QED) is 0.394. The molecular weight excluding hydrogens is 136 g/mol. The molecular formula is C2H4Si4. The molecule has 2 fully saturated rings. The van der Waals surface area contributed by atoms with Gasteiger partial charge in [-0.3, -0.25) is 0 Å². The second-order valence-electron chi connectivity index (χ2n) is 2.52. The lowest BCUT2D eigenvalue weighted by Crippen LogP contribution is -2.00. The van der Waals surface area contributed by atoms with Crippen LogP contribution in [-0.4, -0.2) is 33.7 Å². The Morgan fingerprint density at radius 2 is 1.17 bits per heavy atom. The van der Waals surface area contributed by atoms with Gasteiger partial charge in [0.2, 0.25) is 0 Å². The molecule has 2 rings (SSSR count). The fraction of sp³-hybridized carbons (Fsp3) is 1.00. The van der Waals surface area contributed by atoms with E-state index in [1.54, 1.807) is 11.3 Å². The Bertz CT molecular complexity index is 90.1. The lowest BCUT2D eigenvalue weighted by molar-refractivity contribution is 1.84. The monoisotopic (exact) mass is 140 g/mol. The highest BCUT2D eigenvalue weighted by Gasteiger charge is 2.79. The summed E-state index contributed by atoms with van der Waals surface area (Å²) in [7, 11) is 6.71. The van der Waals surface area contributed by atoms with Crippen molar-refractivity contribution in [3.05, 3.63) is 0 Å². The second-order valence-corrected chi connectivity index (χ2v) is 24.2. The van der Waals surface area contributed by atoms with Crippen LogP contribution in [0.15, 0.2) is 0 Å². The van der Waals surface area contributed by atoms with Crippen molar-refractivity contribution in [3.63, 3.8) is 0 Å². The summed E-state index contributed by atoms with van der Waals surface area (Å²) in [6.45, 7) is 0. The summed E-state index contributed by atoms with van der Waals surface area (Å²) in [5, 5.41) is 0. The highest BCUT2D eigenvalue weighted by Crippen LogP contribution is 2.62. The van der Waals surface area contributed by atoms with Crippen LogP contribution in [0, 0.1) is 0 Å². The first-order valence-electron chi connectivity index (χ1n) is 2.16. The predicted octanol–water partition coefficient (Wildman–Crippen LogP) is -0.602. The van der Waals surface area contributed by atoms with E-state index in [9.17, 15) is 0 Å². The zero-order chi connectivity index (χ0) is 4.41. The van der Waals surface area contributed by atoms with Gasteiger partial charge in [-0.15, -0.1) is 0 Å². The van der Waals surface area contributed by atoms with E-state index in [4.69, 9.17) is 0 Å². The van der Waals surface area contributed by atoms with E-state index >= 15 is 0 Å². The van der Waals surface area contributed by atoms with Gasteiger partial charge < -0.3 is 0 Å². The van der Waals surface area contributed by atoms with Crippen molar-refractivity contribution in [2.75, 3.05) is 0 Å². The van der Waals surface area contributed by atoms with Gasteiger partial charge in [0.1, 0.15) is 0 Å². The number of rotatable bonds is 0. The molecule has 0 aromatic rings. The molecule has 2 saturated heterocycles. The van der Waals surface area contributed by atoms with Crippen molar-refractivity contribution in [1.29, 1.82) is 0 Å². The van der Waals surface area contributed by atoms with Gasteiger partial charge in [0.25, 0.3) is 0 Å². The van der Waals surface area contributed by atoms with Gasteiger partial charge in [-0.2, -0.15) is 0 Å². The molecule has 2 heterocycles. The van der Waals surface area contributed by atoms with E-state index in [1.165, 1.54) is 0 Å². The number of hydrogen-bond donors (Lipinski definition) is 0. The number of fused-ring (bicyclic) bond motifs is 1. The Morgan fingerprint density at radius 3 is 1.17 bits per heavy atom. The molecule has 0 aliphatic carbocycles. The SMILES string of the molecule is [Si][Si]12C[Si]1([Si])C2. The molecule has 28 valence electrons. The fourth-order valence-electron chi connectivity index (χ4n) is 0.890. The minimum atomic E-state index is -0.461. The van der Waals surface area contributed by atoms with E-state index in [-0.39, 0.29) is 0 Å². The van der Waals surface area contributed by atoms with Crippen LogP contribution in [0.5, 0.6) is 0 Å². The normalized spacial score (nSPS) is 73.0. The molecule has 0 aromatic heterocycles. The van der Waals surface area contributed by atoms with Crippen molar-refractivity contribution < 1.29 is 0 Å². The van der Waals surface area contributed by atoms with E-state index in [0.29, 0.717) is 0 Å². The second kappa shape index (κ2) is 0.629. The lowest BCUT2D eigenvalue weighted by atomic mass is 11.8. The zero-order valence-corrected chi connectivity index (χ0v) is 7.41. The van der Waals surface area contributed by atoms with Gasteiger partial charge in [-0.25, -0.2) is 0 Å². The Labute approximate surface area is 45.6 Å². The van der Waals surface area contributed by atoms with Gasteiger partial charge >= 0.3 is 0 Å². The summed E-state index contributed by atoms with van der Waals surface area (Å²) >= 11 is 0. The third kappa shape index (κ3) is 0.228. The molecule has 6 heavy (non-hydrogen) atoms. The maximum atomic E-state index is 3.81. The summed E-state index contributed by atoms with van der Waals surface area (Å²) in [4.78, 5) is 0. The van der Waals surface area contributed by atoms with Crippen LogP contribution in [0.2, 0.25) is 11.3 Å². The van der Waals surface area contributed by atoms with Gasteiger partial charge in [-0.1, -0.05) is 11.3 Å². The predicted molar refractivity (Wildman–Crippen MR) is 32.6 cm³/mol. The van der Waals surface area contributed by atoms with Crippen molar-refractivity contribution in [3.8, 4) is 0 Å². The molecule has 0 bridgehead atoms. The van der Waals surface area contributed by atoms with Crippen LogP contribution < -0.4 is 0 Å². The average molecular weight is 140 g/mol. The molecule has 0 saturated carbocycles. The van der Waals surface area contributed by atoms with Gasteiger partial charge in [0, 0.05) is 33.7 Å². The summed E-state index contributed by atoms with van der Waals surface area (Å²) < 4.78 is 0. The minimum Gasteiger partial charge on any atom is -0.0704 e. The van der Waals surface area contributed by atoms with Crippen molar-refractivity contribution >= 4 is 33.7 Å². The van der Waals surface area contributed by atoms with Gasteiger partial charge in [-0.05, 0) is 0 Å². The topological polar surface area (TPSA) is 0 Å². The van der Waals surface area contributed by atoms with Gasteiger partial charge in [0.05, 0.1) is 0 Å². The van der Waals surface area contributed by atoms with Crippen LogP contribution >= 0.6 is 0 Å². The third-order valence-electron chi connectivity index (χ3n) is 1.87. The summed E-state index contributed by atoms with van der Waals surface area (Å²) in [6.07, 6.45) is 0. The van der Waals surface area contributed by atoms with E-state index < -0.39 is 14.2 Å². The molecule has 0 atom stereocenters. The van der Waals surface area contributed by atoms with Crippen LogP contribution in [0.3, 0.4) is 0 Å². The lowest BCUT2D eigenvalue weighted by Gasteiger charge is -1.81. The van der Waals surface area contributed by atoms with E-state index in [1.807, 2.05) is 0 Å². The van der Waals surface area contributed by atoms with E-state index in [2.05, 4.69) is 19.5 Å². The molecule has 2 aliphatic heterocycles. The van der Waals surface area contributed by atoms with Crippen LogP contribution in [-0.2, 0) is 0 Å². The molecule has 0 amide bonds. The molecule has 0 N–H and O–H groups in total. The van der Waals surface area contributed by atoms with Crippen LogP contribution in [0.25, 0.3) is 0 Å². The Hall–Kier alpha value is 0.868. The Morgan fingerprint density at radius 1 is 1.00 bits per heavy atom. The molecule has 0 aromatic carbocycles. The van der Waals surface area contributed by atoms with Crippen molar-refractivity contribution in [2.45, 2.75) is 11.3 Å². The maximum Gasteiger partial charge on any atom is 0.0239 e. The number of hydrogen-bond acceptors (Lipinski definition) is 0. The minimum absolute atomic E-state index is 0.461. The maximum absolute atomic E-state index is 3.81. The summed E-state index contributed by atoms with van der Waals surface area (Å²) in [6, 6.07) is 0. The molecule has 2 aliphatic rings. The van der Waals surface area contributed by atoms with Crippen LogP contribution in [0.4, 0.5) is 0 Å². The van der Waals surface area contributed by atoms with Crippen LogP contribution in [0.1, 0.15) is 0 Å². The standard InChI is InChI=1S/C2H4Si4/c3-5-1-6(5,4)2-5/h1-2H2.